The molecule has 4 nitrogen and oxygen atoms in total. The lowest BCUT2D eigenvalue weighted by Gasteiger charge is -2.18. The number of imidazole rings is 1. The molecule has 1 aromatic heterocycles. The van der Waals surface area contributed by atoms with Crippen LogP contribution in [0, 0.1) is 0 Å². The van der Waals surface area contributed by atoms with Gasteiger partial charge < -0.3 is 15.2 Å². The van der Waals surface area contributed by atoms with Crippen molar-refractivity contribution in [2.24, 2.45) is 0 Å². The third kappa shape index (κ3) is 2.67. The third-order valence-corrected chi connectivity index (χ3v) is 3.77. The highest BCUT2D eigenvalue weighted by molar-refractivity contribution is 9.10. The lowest BCUT2D eigenvalue weighted by atomic mass is 10.3. The second kappa shape index (κ2) is 5.71. The predicted octanol–water partition coefficient (Wildman–Crippen LogP) is 2.72. The lowest BCUT2D eigenvalue weighted by molar-refractivity contribution is 0.292. The summed E-state index contributed by atoms with van der Waals surface area (Å²) in [6.45, 7) is 8.35. The molecule has 0 fully saturated rings. The largest absolute Gasteiger partial charge is 0.369 e. The molecule has 0 atom stereocenters. The molecule has 0 saturated carbocycles. The highest BCUT2D eigenvalue weighted by atomic mass is 79.9. The molecule has 0 spiro atoms. The second-order valence-corrected chi connectivity index (χ2v) is 5.20. The fourth-order valence-electron chi connectivity index (χ4n) is 2.13. The Morgan fingerprint density at radius 2 is 2.06 bits per heavy atom. The second-order valence-electron chi connectivity index (χ2n) is 4.28. The minimum atomic E-state index is 0.593. The zero-order valence-electron chi connectivity index (χ0n) is 10.9. The van der Waals surface area contributed by atoms with Gasteiger partial charge >= 0.3 is 0 Å². The van der Waals surface area contributed by atoms with Crippen molar-refractivity contribution in [2.45, 2.75) is 20.4 Å². The van der Waals surface area contributed by atoms with Crippen LogP contribution in [0.25, 0.3) is 11.0 Å². The van der Waals surface area contributed by atoms with Crippen molar-refractivity contribution in [2.75, 3.05) is 25.4 Å². The van der Waals surface area contributed by atoms with Crippen molar-refractivity contribution in [1.82, 2.24) is 14.5 Å². The van der Waals surface area contributed by atoms with Gasteiger partial charge in [0.15, 0.2) is 0 Å². The van der Waals surface area contributed by atoms with Crippen molar-refractivity contribution in [1.29, 1.82) is 0 Å². The Bertz CT molecular complexity index is 531. The van der Waals surface area contributed by atoms with Crippen LogP contribution >= 0.6 is 15.9 Å². The van der Waals surface area contributed by atoms with Crippen LogP contribution < -0.4 is 5.73 Å². The summed E-state index contributed by atoms with van der Waals surface area (Å²) in [4.78, 5) is 6.76. The minimum absolute atomic E-state index is 0.593. The van der Waals surface area contributed by atoms with Gasteiger partial charge in [0.1, 0.15) is 0 Å². The van der Waals surface area contributed by atoms with E-state index in [1.54, 1.807) is 0 Å². The predicted molar refractivity (Wildman–Crippen MR) is 79.6 cm³/mol. The maximum atomic E-state index is 5.99. The summed E-state index contributed by atoms with van der Waals surface area (Å²) in [5.74, 6) is 0.593. The molecule has 98 valence electrons. The number of hydrogen-bond donors (Lipinski definition) is 1. The maximum absolute atomic E-state index is 5.99. The number of hydrogen-bond acceptors (Lipinski definition) is 3. The Labute approximate surface area is 116 Å². The van der Waals surface area contributed by atoms with Crippen molar-refractivity contribution in [3.8, 4) is 0 Å². The van der Waals surface area contributed by atoms with Gasteiger partial charge in [-0.2, -0.15) is 0 Å². The molecule has 0 aliphatic rings. The topological polar surface area (TPSA) is 47.1 Å². The average Bonchev–Trinajstić information content (AvgIpc) is 2.66. The zero-order valence-corrected chi connectivity index (χ0v) is 12.4. The molecule has 0 amide bonds. The molecule has 0 radical (unpaired) electrons. The fourth-order valence-corrected chi connectivity index (χ4v) is 2.48. The van der Waals surface area contributed by atoms with Crippen LogP contribution in [-0.2, 0) is 6.54 Å². The number of nitrogen functional groups attached to an aromatic ring is 1. The van der Waals surface area contributed by atoms with Gasteiger partial charge in [-0.25, -0.2) is 4.98 Å². The smallest absolute Gasteiger partial charge is 0.201 e. The fraction of sp³-hybridized carbons (Fsp3) is 0.462. The summed E-state index contributed by atoms with van der Waals surface area (Å²) in [7, 11) is 0. The minimum Gasteiger partial charge on any atom is -0.369 e. The number of halogens is 1. The maximum Gasteiger partial charge on any atom is 0.201 e. The Hall–Kier alpha value is -1.07. The number of anilines is 1. The standard InChI is InChI=1S/C13H19BrN4/c1-3-17(4-2)7-8-18-12-9-10(14)5-6-11(12)16-13(18)15/h5-6,9H,3-4,7-8H2,1-2H3,(H2,15,16). The molecular weight excluding hydrogens is 292 g/mol. The van der Waals surface area contributed by atoms with Gasteiger partial charge in [-0.15, -0.1) is 0 Å². The monoisotopic (exact) mass is 310 g/mol. The van der Waals surface area contributed by atoms with E-state index in [1.165, 1.54) is 0 Å². The SMILES string of the molecule is CCN(CC)CCn1c(N)nc2ccc(Br)cc21. The van der Waals surface area contributed by atoms with E-state index in [0.717, 1.165) is 41.7 Å². The Morgan fingerprint density at radius 3 is 2.72 bits per heavy atom. The van der Waals surface area contributed by atoms with Crippen LogP contribution in [0.4, 0.5) is 5.95 Å². The normalized spacial score (nSPS) is 11.6. The van der Waals surface area contributed by atoms with Gasteiger partial charge in [-0.05, 0) is 31.3 Å². The van der Waals surface area contributed by atoms with Crippen LogP contribution in [-0.4, -0.2) is 34.1 Å². The lowest BCUT2D eigenvalue weighted by Crippen LogP contribution is -2.27. The van der Waals surface area contributed by atoms with Crippen molar-refractivity contribution in [3.63, 3.8) is 0 Å². The van der Waals surface area contributed by atoms with Gasteiger partial charge in [-0.3, -0.25) is 0 Å². The molecule has 1 heterocycles. The van der Waals surface area contributed by atoms with Gasteiger partial charge in [-0.1, -0.05) is 29.8 Å². The van der Waals surface area contributed by atoms with E-state index in [2.05, 4.69) is 50.3 Å². The van der Waals surface area contributed by atoms with Crippen LogP contribution in [0.3, 0.4) is 0 Å². The van der Waals surface area contributed by atoms with E-state index in [9.17, 15) is 0 Å². The number of fused-ring (bicyclic) bond motifs is 1. The molecule has 0 bridgehead atoms. The average molecular weight is 311 g/mol. The summed E-state index contributed by atoms with van der Waals surface area (Å²) in [6, 6.07) is 6.05. The molecular formula is C13H19BrN4. The summed E-state index contributed by atoms with van der Waals surface area (Å²) in [5, 5.41) is 0. The first-order valence-electron chi connectivity index (χ1n) is 6.29. The Morgan fingerprint density at radius 1 is 1.33 bits per heavy atom. The summed E-state index contributed by atoms with van der Waals surface area (Å²) in [5.41, 5.74) is 8.04. The molecule has 1 aromatic carbocycles. The number of likely N-dealkylation sites (N-methyl/N-ethyl adjacent to an activating group) is 1. The van der Waals surface area contributed by atoms with E-state index < -0.39 is 0 Å². The van der Waals surface area contributed by atoms with Crippen LogP contribution in [0.15, 0.2) is 22.7 Å². The van der Waals surface area contributed by atoms with E-state index in [0.29, 0.717) is 5.95 Å². The van der Waals surface area contributed by atoms with Crippen LogP contribution in [0.2, 0.25) is 0 Å². The van der Waals surface area contributed by atoms with Gasteiger partial charge in [0, 0.05) is 17.6 Å². The van der Waals surface area contributed by atoms with Gasteiger partial charge in [0.2, 0.25) is 5.95 Å². The molecule has 2 aromatic rings. The third-order valence-electron chi connectivity index (χ3n) is 3.27. The zero-order chi connectivity index (χ0) is 13.1. The highest BCUT2D eigenvalue weighted by Crippen LogP contribution is 2.22. The summed E-state index contributed by atoms with van der Waals surface area (Å²) >= 11 is 3.49. The molecule has 2 N–H and O–H groups in total. The van der Waals surface area contributed by atoms with Crippen molar-refractivity contribution < 1.29 is 0 Å². The van der Waals surface area contributed by atoms with E-state index in [4.69, 9.17) is 5.73 Å². The molecule has 0 saturated heterocycles. The Balaban J connectivity index is 2.26. The summed E-state index contributed by atoms with van der Waals surface area (Å²) in [6.07, 6.45) is 0. The van der Waals surface area contributed by atoms with Crippen LogP contribution in [0.1, 0.15) is 13.8 Å². The molecule has 18 heavy (non-hydrogen) atoms. The first-order valence-corrected chi connectivity index (χ1v) is 7.08. The molecule has 2 rings (SSSR count). The quantitative estimate of drug-likeness (QED) is 0.923. The molecule has 0 aliphatic heterocycles. The number of nitrogens with zero attached hydrogens (tertiary/aromatic N) is 3. The van der Waals surface area contributed by atoms with Crippen molar-refractivity contribution >= 4 is 32.9 Å². The highest BCUT2D eigenvalue weighted by Gasteiger charge is 2.09. The molecule has 0 aliphatic carbocycles. The molecule has 0 unspecified atom stereocenters. The van der Waals surface area contributed by atoms with E-state index in [-0.39, 0.29) is 0 Å². The number of aromatic nitrogens is 2. The number of rotatable bonds is 5. The van der Waals surface area contributed by atoms with E-state index in [1.807, 2.05) is 12.1 Å². The first kappa shape index (κ1) is 13.4. The number of benzene rings is 1. The van der Waals surface area contributed by atoms with Gasteiger partial charge in [0.05, 0.1) is 11.0 Å². The number of nitrogens with two attached hydrogens (primary N) is 1. The first-order chi connectivity index (χ1) is 8.65. The Kier molecular flexibility index (Phi) is 4.24. The van der Waals surface area contributed by atoms with E-state index >= 15 is 0 Å². The van der Waals surface area contributed by atoms with Gasteiger partial charge in [0.25, 0.3) is 0 Å². The van der Waals surface area contributed by atoms with Crippen molar-refractivity contribution in [3.05, 3.63) is 22.7 Å². The molecule has 5 heteroatoms. The summed E-state index contributed by atoms with van der Waals surface area (Å²) < 4.78 is 3.14. The van der Waals surface area contributed by atoms with Crippen LogP contribution in [0.5, 0.6) is 0 Å².